The Morgan fingerprint density at radius 3 is 2.35 bits per heavy atom. The molecule has 1 aromatic carbocycles. The number of rotatable bonds is 14. The first kappa shape index (κ1) is 37.0. The first-order valence-electron chi connectivity index (χ1n) is 14.8. The molecule has 49 heavy (non-hydrogen) atoms. The Labute approximate surface area is 278 Å². The zero-order valence-electron chi connectivity index (χ0n) is 26.1. The van der Waals surface area contributed by atoms with Crippen LogP contribution in [0.3, 0.4) is 0 Å². The topological polar surface area (TPSA) is 161 Å². The molecule has 0 bridgehead atoms. The number of hydrogen-bond donors (Lipinski definition) is 3. The Balaban J connectivity index is 1.47. The number of aromatic nitrogens is 2. The van der Waals surface area contributed by atoms with Crippen molar-refractivity contribution < 1.29 is 54.2 Å². The Hall–Kier alpha value is -4.78. The van der Waals surface area contributed by atoms with Gasteiger partial charge in [0, 0.05) is 32.3 Å². The highest BCUT2D eigenvalue weighted by Gasteiger charge is 2.36. The number of pyridine rings is 2. The van der Waals surface area contributed by atoms with Crippen LogP contribution in [0.1, 0.15) is 35.3 Å². The van der Waals surface area contributed by atoms with Gasteiger partial charge >= 0.3 is 19.0 Å². The van der Waals surface area contributed by atoms with Gasteiger partial charge in [0.05, 0.1) is 47.6 Å². The highest BCUT2D eigenvalue weighted by Crippen LogP contribution is 2.29. The summed E-state index contributed by atoms with van der Waals surface area (Å²) in [5.41, 5.74) is 0.642. The number of ether oxygens (including phenoxy) is 3. The van der Waals surface area contributed by atoms with Crippen LogP contribution in [0.5, 0.6) is 11.6 Å². The van der Waals surface area contributed by atoms with Gasteiger partial charge in [-0.3, -0.25) is 4.79 Å². The number of urea groups is 1. The Kier molecular flexibility index (Phi) is 12.2. The minimum absolute atomic E-state index is 0.0167. The van der Waals surface area contributed by atoms with Crippen molar-refractivity contribution in [1.29, 1.82) is 0 Å². The van der Waals surface area contributed by atoms with Crippen LogP contribution in [0.15, 0.2) is 65.8 Å². The van der Waals surface area contributed by atoms with E-state index in [9.17, 15) is 40.0 Å². The molecule has 1 saturated heterocycles. The molecule has 0 aliphatic carbocycles. The highest BCUT2D eigenvalue weighted by molar-refractivity contribution is 7.91. The van der Waals surface area contributed by atoms with Crippen molar-refractivity contribution in [3.8, 4) is 11.6 Å². The minimum Gasteiger partial charge on any atom is -0.472 e. The lowest BCUT2D eigenvalue weighted by atomic mass is 10.1. The maximum Gasteiger partial charge on any atom is 0.573 e. The van der Waals surface area contributed by atoms with Gasteiger partial charge in [-0.25, -0.2) is 23.2 Å². The van der Waals surface area contributed by atoms with Crippen LogP contribution in [0, 0.1) is 0 Å². The molecular formula is C30H33F5N6O7S. The summed E-state index contributed by atoms with van der Waals surface area (Å²) >= 11 is 0. The van der Waals surface area contributed by atoms with Gasteiger partial charge in [0.25, 0.3) is 5.91 Å². The van der Waals surface area contributed by atoms with Gasteiger partial charge in [-0.1, -0.05) is 19.1 Å². The number of hydrogen-bond acceptors (Lipinski definition) is 10. The van der Waals surface area contributed by atoms with E-state index in [1.165, 1.54) is 62.6 Å². The van der Waals surface area contributed by atoms with Crippen LogP contribution in [0.2, 0.25) is 0 Å². The summed E-state index contributed by atoms with van der Waals surface area (Å²) in [5, 5.41) is 7.82. The number of alkyl halides is 5. The van der Waals surface area contributed by atoms with Crippen LogP contribution >= 0.6 is 0 Å². The molecule has 19 heteroatoms. The van der Waals surface area contributed by atoms with Gasteiger partial charge in [0.15, 0.2) is 9.84 Å². The fraction of sp³-hybridized carbons (Fsp3) is 0.400. The average molecular weight is 717 g/mol. The van der Waals surface area contributed by atoms with Crippen molar-refractivity contribution >= 4 is 27.6 Å². The molecule has 0 unspecified atom stereocenters. The van der Waals surface area contributed by atoms with Gasteiger partial charge in [-0.05, 0) is 35.9 Å². The number of nitrogens with one attached hydrogen (secondary N) is 3. The molecule has 0 radical (unpaired) electrons. The van der Waals surface area contributed by atoms with Crippen LogP contribution in [0.4, 0.5) is 32.6 Å². The van der Waals surface area contributed by atoms with Crippen LogP contribution < -0.4 is 30.3 Å². The van der Waals surface area contributed by atoms with Crippen molar-refractivity contribution in [2.24, 2.45) is 0 Å². The molecule has 2 aromatic heterocycles. The van der Waals surface area contributed by atoms with E-state index >= 15 is 0 Å². The second-order valence-electron chi connectivity index (χ2n) is 10.6. The molecular weight excluding hydrogens is 683 g/mol. The average Bonchev–Trinajstić information content (AvgIpc) is 3.48. The number of carbonyl (C=O) groups is 2. The SMILES string of the molecule is CCS(=O)(=O)c1ccc([C@H](CNC(=O)NC)NC(=O)c2ccc(N3C[C@@H](Oc4ccc(OC(F)(F)F)cn4)C[C@H]3COC(F)F)nc2)cc1. The predicted molar refractivity (Wildman–Crippen MR) is 164 cm³/mol. The Morgan fingerprint density at radius 2 is 1.78 bits per heavy atom. The van der Waals surface area contributed by atoms with Crippen LogP contribution in [0.25, 0.3) is 0 Å². The monoisotopic (exact) mass is 716 g/mol. The molecule has 1 aliphatic heterocycles. The van der Waals surface area contributed by atoms with Gasteiger partial charge in [0.1, 0.15) is 17.7 Å². The van der Waals surface area contributed by atoms with Gasteiger partial charge in [-0.2, -0.15) is 8.78 Å². The van der Waals surface area contributed by atoms with E-state index in [0.717, 1.165) is 12.3 Å². The molecule has 266 valence electrons. The van der Waals surface area contributed by atoms with E-state index < -0.39 is 65.3 Å². The summed E-state index contributed by atoms with van der Waals surface area (Å²) in [4.78, 5) is 35.0. The zero-order chi connectivity index (χ0) is 35.8. The van der Waals surface area contributed by atoms with Crippen LogP contribution in [-0.2, 0) is 14.6 Å². The number of anilines is 1. The molecule has 3 amide bonds. The van der Waals surface area contributed by atoms with E-state index in [-0.39, 0.29) is 41.6 Å². The second-order valence-corrected chi connectivity index (χ2v) is 12.9. The van der Waals surface area contributed by atoms with E-state index in [4.69, 9.17) is 4.74 Å². The predicted octanol–water partition coefficient (Wildman–Crippen LogP) is 3.83. The Bertz CT molecular complexity index is 1660. The number of amides is 3. The van der Waals surface area contributed by atoms with Crippen molar-refractivity contribution in [3.63, 3.8) is 0 Å². The van der Waals surface area contributed by atoms with Crippen molar-refractivity contribution in [3.05, 3.63) is 72.1 Å². The lowest BCUT2D eigenvalue weighted by molar-refractivity contribution is -0.274. The highest BCUT2D eigenvalue weighted by atomic mass is 32.2. The minimum atomic E-state index is -4.89. The first-order chi connectivity index (χ1) is 23.2. The first-order valence-corrected chi connectivity index (χ1v) is 16.4. The number of benzene rings is 1. The fourth-order valence-electron chi connectivity index (χ4n) is 4.92. The van der Waals surface area contributed by atoms with Crippen molar-refractivity contribution in [1.82, 2.24) is 25.9 Å². The van der Waals surface area contributed by atoms with Crippen molar-refractivity contribution in [2.45, 2.75) is 49.4 Å². The smallest absolute Gasteiger partial charge is 0.472 e. The quantitative estimate of drug-likeness (QED) is 0.209. The number of nitrogens with zero attached hydrogens (tertiary/aromatic N) is 3. The molecule has 3 heterocycles. The summed E-state index contributed by atoms with van der Waals surface area (Å²) in [5.74, 6) is -0.917. The summed E-state index contributed by atoms with van der Waals surface area (Å²) < 4.78 is 102. The molecule has 3 N–H and O–H groups in total. The summed E-state index contributed by atoms with van der Waals surface area (Å²) in [6, 6.07) is 9.15. The third-order valence-electron chi connectivity index (χ3n) is 7.35. The largest absolute Gasteiger partial charge is 0.573 e. The molecule has 13 nitrogen and oxygen atoms in total. The maximum absolute atomic E-state index is 13.3. The molecule has 0 saturated carbocycles. The molecule has 0 spiro atoms. The normalized spacial score (nSPS) is 17.0. The molecule has 3 atom stereocenters. The lowest BCUT2D eigenvalue weighted by Gasteiger charge is -2.25. The molecule has 3 aromatic rings. The summed E-state index contributed by atoms with van der Waals surface area (Å²) in [7, 11) is -2.04. The van der Waals surface area contributed by atoms with E-state index in [2.05, 4.69) is 35.4 Å². The van der Waals surface area contributed by atoms with Crippen molar-refractivity contribution in [2.75, 3.05) is 37.4 Å². The summed E-state index contributed by atoms with van der Waals surface area (Å²) in [6.45, 7) is -1.83. The van der Waals surface area contributed by atoms with E-state index in [0.29, 0.717) is 11.4 Å². The number of sulfone groups is 1. The third-order valence-corrected chi connectivity index (χ3v) is 9.10. The molecule has 4 rings (SSSR count). The van der Waals surface area contributed by atoms with Gasteiger partial charge in [0.2, 0.25) is 5.88 Å². The number of halogens is 5. The van der Waals surface area contributed by atoms with E-state index in [1.807, 2.05) is 0 Å². The number of carbonyl (C=O) groups excluding carboxylic acids is 2. The lowest BCUT2D eigenvalue weighted by Crippen LogP contribution is -2.41. The fourth-order valence-corrected chi connectivity index (χ4v) is 5.81. The Morgan fingerprint density at radius 1 is 1.04 bits per heavy atom. The summed E-state index contributed by atoms with van der Waals surface area (Å²) in [6.07, 6.45) is -3.24. The zero-order valence-corrected chi connectivity index (χ0v) is 26.9. The standard InChI is InChI=1S/C30H33F5N6O7S/c1-3-49(44,45)23-8-4-18(5-9-23)24(15-39-29(43)36-2)40-27(42)19-6-10-25(37-13-19)41-16-22(12-20(41)17-46-28(31)32)47-26-11-7-21(14-38-26)48-30(33,34)35/h4-11,13-14,20,22,24,28H,3,12,15-17H2,1-2H3,(H,40,42)(H2,36,39,43)/t20-,22-,24-/m0/s1. The molecule has 1 fully saturated rings. The van der Waals surface area contributed by atoms with Crippen LogP contribution in [-0.4, -0.2) is 87.9 Å². The van der Waals surface area contributed by atoms with E-state index in [1.54, 1.807) is 4.90 Å². The maximum atomic E-state index is 13.3. The van der Waals surface area contributed by atoms with Gasteiger partial charge < -0.3 is 35.1 Å². The third kappa shape index (κ3) is 10.6. The second kappa shape index (κ2) is 16.1. The van der Waals surface area contributed by atoms with Gasteiger partial charge in [-0.15, -0.1) is 13.2 Å². The molecule has 1 aliphatic rings.